The summed E-state index contributed by atoms with van der Waals surface area (Å²) in [5.74, 6) is -1.16. The summed E-state index contributed by atoms with van der Waals surface area (Å²) < 4.78 is 17.3. The predicted octanol–water partition coefficient (Wildman–Crippen LogP) is 2.73. The molecule has 3 heterocycles. The molecule has 1 amide bonds. The van der Waals surface area contributed by atoms with Crippen LogP contribution in [0.1, 0.15) is 42.1 Å². The Morgan fingerprint density at radius 1 is 1.32 bits per heavy atom. The molecule has 130 valence electrons. The molecule has 0 spiro atoms. The smallest absolute Gasteiger partial charge is 0.261 e. The van der Waals surface area contributed by atoms with Crippen LogP contribution < -0.4 is 5.32 Å². The average Bonchev–Trinajstić information content (AvgIpc) is 3.20. The number of aromatic nitrogens is 5. The van der Waals surface area contributed by atoms with Crippen molar-refractivity contribution >= 4 is 29.9 Å². The van der Waals surface area contributed by atoms with E-state index in [9.17, 15) is 9.18 Å². The molecule has 3 aromatic rings. The number of thiol groups is 1. The highest BCUT2D eigenvalue weighted by Crippen LogP contribution is 2.31. The van der Waals surface area contributed by atoms with Gasteiger partial charge < -0.3 is 5.32 Å². The van der Waals surface area contributed by atoms with E-state index in [-0.39, 0.29) is 17.3 Å². The first-order valence-corrected chi connectivity index (χ1v) is 8.66. The number of halogens is 1. The van der Waals surface area contributed by atoms with Gasteiger partial charge in [0.05, 0.1) is 18.4 Å². The summed E-state index contributed by atoms with van der Waals surface area (Å²) in [7, 11) is 0. The van der Waals surface area contributed by atoms with Crippen LogP contribution in [0.25, 0.3) is 5.65 Å². The van der Waals surface area contributed by atoms with Crippen molar-refractivity contribution in [2.75, 3.05) is 5.32 Å². The predicted molar refractivity (Wildman–Crippen MR) is 93.4 cm³/mol. The van der Waals surface area contributed by atoms with Gasteiger partial charge in [-0.25, -0.2) is 9.50 Å². The average molecular weight is 360 g/mol. The molecular formula is C16H17FN6OS. The normalized spacial score (nSPS) is 20.7. The summed E-state index contributed by atoms with van der Waals surface area (Å²) in [6, 6.07) is 1.85. The van der Waals surface area contributed by atoms with Crippen LogP contribution in [0, 0.1) is 5.95 Å². The molecule has 7 nitrogen and oxygen atoms in total. The van der Waals surface area contributed by atoms with Gasteiger partial charge in [-0.2, -0.15) is 22.1 Å². The lowest BCUT2D eigenvalue weighted by Crippen LogP contribution is -2.18. The maximum Gasteiger partial charge on any atom is 0.261 e. The zero-order chi connectivity index (χ0) is 17.4. The van der Waals surface area contributed by atoms with Gasteiger partial charge in [-0.05, 0) is 31.7 Å². The summed E-state index contributed by atoms with van der Waals surface area (Å²) in [5, 5.41) is 11.0. The summed E-state index contributed by atoms with van der Waals surface area (Å²) in [4.78, 5) is 16.6. The third kappa shape index (κ3) is 3.11. The fourth-order valence-electron chi connectivity index (χ4n) is 3.14. The number of rotatable bonds is 3. The highest BCUT2D eigenvalue weighted by Gasteiger charge is 2.23. The van der Waals surface area contributed by atoms with Crippen molar-refractivity contribution < 1.29 is 9.18 Å². The number of nitrogens with zero attached hydrogens (tertiary/aromatic N) is 5. The molecule has 1 aliphatic carbocycles. The number of anilines is 1. The van der Waals surface area contributed by atoms with Crippen LogP contribution in [0.3, 0.4) is 0 Å². The van der Waals surface area contributed by atoms with Gasteiger partial charge in [0.2, 0.25) is 0 Å². The Morgan fingerprint density at radius 3 is 2.92 bits per heavy atom. The highest BCUT2D eigenvalue weighted by atomic mass is 32.1. The van der Waals surface area contributed by atoms with E-state index in [1.54, 1.807) is 29.3 Å². The molecule has 3 aromatic heterocycles. The topological polar surface area (TPSA) is 77.1 Å². The van der Waals surface area contributed by atoms with Crippen molar-refractivity contribution in [1.29, 1.82) is 0 Å². The van der Waals surface area contributed by atoms with E-state index in [0.29, 0.717) is 10.9 Å². The molecule has 0 atom stereocenters. The highest BCUT2D eigenvalue weighted by molar-refractivity contribution is 7.80. The van der Waals surface area contributed by atoms with Crippen LogP contribution in [0.15, 0.2) is 30.9 Å². The molecule has 0 radical (unpaired) electrons. The number of carbonyl (C=O) groups excluding carboxylic acids is 1. The van der Waals surface area contributed by atoms with Gasteiger partial charge in [0.15, 0.2) is 5.65 Å². The number of hydrogen-bond acceptors (Lipinski definition) is 5. The molecule has 1 saturated carbocycles. The number of amides is 1. The molecule has 0 aromatic carbocycles. The number of carbonyl (C=O) groups is 1. The largest absolute Gasteiger partial charge is 0.317 e. The number of hydrogen-bond donors (Lipinski definition) is 2. The second-order valence-corrected chi connectivity index (χ2v) is 6.91. The number of fused-ring (bicyclic) bond motifs is 1. The Bertz CT molecular complexity index is 914. The van der Waals surface area contributed by atoms with Crippen molar-refractivity contribution in [2.45, 2.75) is 37.0 Å². The van der Waals surface area contributed by atoms with E-state index in [2.05, 4.69) is 33.1 Å². The first-order chi connectivity index (χ1) is 12.1. The Labute approximate surface area is 148 Å². The summed E-state index contributed by atoms with van der Waals surface area (Å²) in [6.45, 7) is 0. The van der Waals surface area contributed by atoms with E-state index < -0.39 is 11.9 Å². The van der Waals surface area contributed by atoms with Crippen molar-refractivity contribution in [3.05, 3.63) is 42.4 Å². The van der Waals surface area contributed by atoms with Crippen LogP contribution in [0.4, 0.5) is 10.1 Å². The van der Waals surface area contributed by atoms with Gasteiger partial charge >= 0.3 is 0 Å². The minimum absolute atomic E-state index is 0.0632. The minimum atomic E-state index is -0.689. The Balaban J connectivity index is 1.53. The second-order valence-electron chi connectivity index (χ2n) is 6.18. The zero-order valence-electron chi connectivity index (χ0n) is 13.3. The quantitative estimate of drug-likeness (QED) is 0.704. The molecule has 4 rings (SSSR count). The maximum atomic E-state index is 14.2. The molecule has 0 aliphatic heterocycles. The van der Waals surface area contributed by atoms with E-state index in [1.165, 1.54) is 10.7 Å². The zero-order valence-corrected chi connectivity index (χ0v) is 14.2. The van der Waals surface area contributed by atoms with Crippen LogP contribution in [0.2, 0.25) is 0 Å². The van der Waals surface area contributed by atoms with Gasteiger partial charge in [0, 0.05) is 17.6 Å². The minimum Gasteiger partial charge on any atom is -0.317 e. The summed E-state index contributed by atoms with van der Waals surface area (Å²) in [5.41, 5.74) is 0.761. The van der Waals surface area contributed by atoms with Gasteiger partial charge in [0.1, 0.15) is 11.3 Å². The molecule has 0 saturated heterocycles. The molecule has 25 heavy (non-hydrogen) atoms. The lowest BCUT2D eigenvalue weighted by Gasteiger charge is -2.25. The van der Waals surface area contributed by atoms with Gasteiger partial charge in [0.25, 0.3) is 11.9 Å². The third-order valence-corrected chi connectivity index (χ3v) is 5.02. The standard InChI is InChI=1S/C16H17FN6OS/c17-14-13(9-23(21-14)10-2-4-11(25)5-3-10)20-16(24)12-8-19-22-7-1-6-18-15(12)22/h1,6-11,25H,2-5H2,(H,20,24)/t10-,11-. The van der Waals surface area contributed by atoms with Crippen LogP contribution in [0.5, 0.6) is 0 Å². The van der Waals surface area contributed by atoms with Crippen LogP contribution in [-0.4, -0.2) is 35.5 Å². The maximum absolute atomic E-state index is 14.2. The molecule has 1 aliphatic rings. The SMILES string of the molecule is O=C(Nc1cn([C@H]2CC[C@H](S)CC2)nc1F)c1cnn2cccnc12. The molecular weight excluding hydrogens is 343 g/mol. The molecule has 1 fully saturated rings. The Hall–Kier alpha value is -2.42. The van der Waals surface area contributed by atoms with E-state index in [0.717, 1.165) is 25.7 Å². The van der Waals surface area contributed by atoms with Crippen molar-refractivity contribution in [3.63, 3.8) is 0 Å². The van der Waals surface area contributed by atoms with Crippen LogP contribution >= 0.6 is 12.6 Å². The summed E-state index contributed by atoms with van der Waals surface area (Å²) in [6.07, 6.45) is 9.99. The summed E-state index contributed by atoms with van der Waals surface area (Å²) >= 11 is 4.47. The molecule has 0 bridgehead atoms. The van der Waals surface area contributed by atoms with E-state index in [4.69, 9.17) is 0 Å². The van der Waals surface area contributed by atoms with Crippen molar-refractivity contribution in [2.24, 2.45) is 0 Å². The molecule has 0 unspecified atom stereocenters. The molecule has 1 N–H and O–H groups in total. The third-order valence-electron chi connectivity index (χ3n) is 4.50. The first-order valence-electron chi connectivity index (χ1n) is 8.14. The fraction of sp³-hybridized carbons (Fsp3) is 0.375. The lowest BCUT2D eigenvalue weighted by atomic mass is 9.95. The van der Waals surface area contributed by atoms with E-state index >= 15 is 0 Å². The second kappa shape index (κ2) is 6.47. The fourth-order valence-corrected chi connectivity index (χ4v) is 3.44. The van der Waals surface area contributed by atoms with Gasteiger partial charge in [-0.15, -0.1) is 5.10 Å². The number of nitrogens with one attached hydrogen (secondary N) is 1. The van der Waals surface area contributed by atoms with Crippen molar-refractivity contribution in [1.82, 2.24) is 24.4 Å². The first kappa shape index (κ1) is 16.1. The lowest BCUT2D eigenvalue weighted by molar-refractivity contribution is 0.102. The Morgan fingerprint density at radius 2 is 2.12 bits per heavy atom. The van der Waals surface area contributed by atoms with Crippen LogP contribution in [-0.2, 0) is 0 Å². The monoisotopic (exact) mass is 360 g/mol. The van der Waals surface area contributed by atoms with E-state index in [1.807, 2.05) is 0 Å². The van der Waals surface area contributed by atoms with Crippen molar-refractivity contribution in [3.8, 4) is 0 Å². The van der Waals surface area contributed by atoms with Gasteiger partial charge in [-0.1, -0.05) is 0 Å². The van der Waals surface area contributed by atoms with Gasteiger partial charge in [-0.3, -0.25) is 9.48 Å². The molecule has 9 heteroatoms. The Kier molecular flexibility index (Phi) is 4.16.